The van der Waals surface area contributed by atoms with Gasteiger partial charge in [0.2, 0.25) is 5.91 Å². The summed E-state index contributed by atoms with van der Waals surface area (Å²) in [5.74, 6) is 0.0914. The van der Waals surface area contributed by atoms with Crippen molar-refractivity contribution in [2.24, 2.45) is 0 Å². The van der Waals surface area contributed by atoms with Crippen molar-refractivity contribution in [2.75, 3.05) is 11.9 Å². The van der Waals surface area contributed by atoms with Crippen LogP contribution in [0.25, 0.3) is 0 Å². The van der Waals surface area contributed by atoms with Gasteiger partial charge in [-0.05, 0) is 36.2 Å². The zero-order valence-electron chi connectivity index (χ0n) is 13.0. The molecule has 0 aromatic heterocycles. The zero-order valence-corrected chi connectivity index (χ0v) is 13.0. The Morgan fingerprint density at radius 3 is 2.88 bits per heavy atom. The molecule has 126 valence electrons. The number of hydrogen-bond donors (Lipinski definition) is 3. The number of β-amino-alcohol motifs (C(OH)–C–C–N with tert-alkyl or cyclic N) is 1. The summed E-state index contributed by atoms with van der Waals surface area (Å²) in [4.78, 5) is 12.1. The molecule has 1 saturated heterocycles. The first-order valence-electron chi connectivity index (χ1n) is 7.80. The molecule has 2 aromatic rings. The molecule has 3 N–H and O–H groups in total. The number of carbonyl (C=O) groups excluding carboxylic acids is 1. The molecule has 1 aliphatic heterocycles. The van der Waals surface area contributed by atoms with E-state index in [1.54, 1.807) is 36.4 Å². The van der Waals surface area contributed by atoms with Crippen LogP contribution in [0, 0.1) is 5.82 Å². The van der Waals surface area contributed by atoms with Crippen LogP contribution < -0.4 is 15.4 Å². The highest BCUT2D eigenvalue weighted by Crippen LogP contribution is 2.20. The highest BCUT2D eigenvalue weighted by Gasteiger charge is 2.27. The predicted octanol–water partition coefficient (Wildman–Crippen LogP) is 2.07. The van der Waals surface area contributed by atoms with E-state index in [0.29, 0.717) is 24.4 Å². The fourth-order valence-corrected chi connectivity index (χ4v) is 2.60. The number of ether oxygens (including phenoxy) is 1. The largest absolute Gasteiger partial charge is 0.489 e. The highest BCUT2D eigenvalue weighted by molar-refractivity contribution is 5.95. The van der Waals surface area contributed by atoms with Crippen molar-refractivity contribution in [3.63, 3.8) is 0 Å². The summed E-state index contributed by atoms with van der Waals surface area (Å²) in [5.41, 5.74) is 1.34. The van der Waals surface area contributed by atoms with Gasteiger partial charge in [-0.3, -0.25) is 4.79 Å². The van der Waals surface area contributed by atoms with Gasteiger partial charge in [-0.15, -0.1) is 0 Å². The summed E-state index contributed by atoms with van der Waals surface area (Å²) >= 11 is 0. The van der Waals surface area contributed by atoms with E-state index in [-0.39, 0.29) is 18.3 Å². The third kappa shape index (κ3) is 4.31. The maximum Gasteiger partial charge on any atom is 0.241 e. The maximum absolute atomic E-state index is 13.1. The molecule has 24 heavy (non-hydrogen) atoms. The quantitative estimate of drug-likeness (QED) is 0.785. The molecule has 0 spiro atoms. The normalized spacial score (nSPS) is 19.9. The van der Waals surface area contributed by atoms with E-state index in [1.807, 2.05) is 0 Å². The zero-order chi connectivity index (χ0) is 16.9. The summed E-state index contributed by atoms with van der Waals surface area (Å²) in [5, 5.41) is 15.2. The van der Waals surface area contributed by atoms with E-state index >= 15 is 0 Å². The van der Waals surface area contributed by atoms with Gasteiger partial charge in [0.25, 0.3) is 0 Å². The van der Waals surface area contributed by atoms with Crippen molar-refractivity contribution < 1.29 is 19.0 Å². The van der Waals surface area contributed by atoms with Crippen LogP contribution in [0.5, 0.6) is 5.75 Å². The Morgan fingerprint density at radius 2 is 2.12 bits per heavy atom. The van der Waals surface area contributed by atoms with Crippen LogP contribution in [-0.4, -0.2) is 29.7 Å². The number of rotatable bonds is 5. The Balaban J connectivity index is 1.58. The van der Waals surface area contributed by atoms with Crippen molar-refractivity contribution in [3.8, 4) is 5.75 Å². The average molecular weight is 330 g/mol. The molecule has 2 unspecified atom stereocenters. The molecular weight excluding hydrogens is 311 g/mol. The topological polar surface area (TPSA) is 70.6 Å². The second-order valence-electron chi connectivity index (χ2n) is 5.79. The standard InChI is InChI=1S/C18H19FN2O3/c19-13-4-1-3-12(7-13)11-24-16-6-2-5-14(8-16)21-18(23)17-9-15(22)10-20-17/h1-8,15,17,20,22H,9-11H2,(H,21,23). The molecule has 2 aromatic carbocycles. The molecule has 2 atom stereocenters. The SMILES string of the molecule is O=C(Nc1cccc(OCc2cccc(F)c2)c1)C1CC(O)CN1. The van der Waals surface area contributed by atoms with Crippen LogP contribution in [-0.2, 0) is 11.4 Å². The lowest BCUT2D eigenvalue weighted by atomic mass is 10.2. The van der Waals surface area contributed by atoms with E-state index in [1.165, 1.54) is 12.1 Å². The molecule has 1 heterocycles. The van der Waals surface area contributed by atoms with Gasteiger partial charge in [0.1, 0.15) is 18.2 Å². The Bertz CT molecular complexity index is 723. The predicted molar refractivity (Wildman–Crippen MR) is 88.2 cm³/mol. The number of nitrogens with one attached hydrogen (secondary N) is 2. The number of amides is 1. The van der Waals surface area contributed by atoms with Crippen LogP contribution in [0.3, 0.4) is 0 Å². The molecule has 0 bridgehead atoms. The Hall–Kier alpha value is -2.44. The minimum Gasteiger partial charge on any atom is -0.489 e. The fourth-order valence-electron chi connectivity index (χ4n) is 2.60. The molecule has 6 heteroatoms. The number of carbonyl (C=O) groups is 1. The third-order valence-corrected chi connectivity index (χ3v) is 3.82. The van der Waals surface area contributed by atoms with Gasteiger partial charge in [-0.25, -0.2) is 4.39 Å². The molecule has 1 fully saturated rings. The first-order chi connectivity index (χ1) is 11.6. The molecule has 1 amide bonds. The lowest BCUT2D eigenvalue weighted by molar-refractivity contribution is -0.117. The lowest BCUT2D eigenvalue weighted by Gasteiger charge is -2.12. The third-order valence-electron chi connectivity index (χ3n) is 3.82. The number of hydrogen-bond acceptors (Lipinski definition) is 4. The smallest absolute Gasteiger partial charge is 0.241 e. The number of benzene rings is 2. The van der Waals surface area contributed by atoms with E-state index in [9.17, 15) is 14.3 Å². The molecule has 0 saturated carbocycles. The first kappa shape index (κ1) is 16.4. The molecule has 0 radical (unpaired) electrons. The minimum atomic E-state index is -0.485. The van der Waals surface area contributed by atoms with Crippen LogP contribution in [0.1, 0.15) is 12.0 Å². The number of aliphatic hydroxyl groups excluding tert-OH is 1. The number of halogens is 1. The van der Waals surface area contributed by atoms with Crippen LogP contribution in [0.15, 0.2) is 48.5 Å². The molecule has 5 nitrogen and oxygen atoms in total. The summed E-state index contributed by atoms with van der Waals surface area (Å²) in [6.07, 6.45) is -0.0802. The van der Waals surface area contributed by atoms with E-state index in [0.717, 1.165) is 5.56 Å². The van der Waals surface area contributed by atoms with Crippen molar-refractivity contribution >= 4 is 11.6 Å². The molecular formula is C18H19FN2O3. The van der Waals surface area contributed by atoms with Crippen molar-refractivity contribution in [1.29, 1.82) is 0 Å². The second kappa shape index (κ2) is 7.42. The second-order valence-corrected chi connectivity index (χ2v) is 5.79. The van der Waals surface area contributed by atoms with Crippen LogP contribution >= 0.6 is 0 Å². The van der Waals surface area contributed by atoms with Gasteiger partial charge in [-0.2, -0.15) is 0 Å². The summed E-state index contributed by atoms with van der Waals surface area (Å²) < 4.78 is 18.8. The Morgan fingerprint density at radius 1 is 1.29 bits per heavy atom. The number of anilines is 1. The van der Waals surface area contributed by atoms with Gasteiger partial charge in [-0.1, -0.05) is 18.2 Å². The van der Waals surface area contributed by atoms with Gasteiger partial charge in [0, 0.05) is 18.3 Å². The van der Waals surface area contributed by atoms with Crippen LogP contribution in [0.4, 0.5) is 10.1 Å². The molecule has 0 aliphatic carbocycles. The Labute approximate surface area is 139 Å². The van der Waals surface area contributed by atoms with E-state index in [2.05, 4.69) is 10.6 Å². The first-order valence-corrected chi connectivity index (χ1v) is 7.80. The van der Waals surface area contributed by atoms with Crippen LogP contribution in [0.2, 0.25) is 0 Å². The number of aliphatic hydroxyl groups is 1. The molecule has 1 aliphatic rings. The Kier molecular flexibility index (Phi) is 5.08. The average Bonchev–Trinajstić information content (AvgIpc) is 3.00. The van der Waals surface area contributed by atoms with E-state index < -0.39 is 12.1 Å². The van der Waals surface area contributed by atoms with Gasteiger partial charge < -0.3 is 20.5 Å². The molecule has 3 rings (SSSR count). The highest BCUT2D eigenvalue weighted by atomic mass is 19.1. The van der Waals surface area contributed by atoms with Gasteiger partial charge in [0.15, 0.2) is 0 Å². The minimum absolute atomic E-state index is 0.186. The summed E-state index contributed by atoms with van der Waals surface area (Å²) in [7, 11) is 0. The summed E-state index contributed by atoms with van der Waals surface area (Å²) in [6, 6.07) is 12.8. The van der Waals surface area contributed by atoms with Gasteiger partial charge in [0.05, 0.1) is 12.1 Å². The van der Waals surface area contributed by atoms with Crippen molar-refractivity contribution in [3.05, 3.63) is 59.9 Å². The maximum atomic E-state index is 13.1. The lowest BCUT2D eigenvalue weighted by Crippen LogP contribution is -2.35. The van der Waals surface area contributed by atoms with Crippen molar-refractivity contribution in [2.45, 2.75) is 25.2 Å². The monoisotopic (exact) mass is 330 g/mol. The van der Waals surface area contributed by atoms with E-state index in [4.69, 9.17) is 4.74 Å². The fraction of sp³-hybridized carbons (Fsp3) is 0.278. The summed E-state index contributed by atoms with van der Waals surface area (Å²) in [6.45, 7) is 0.667. The van der Waals surface area contributed by atoms with Crippen molar-refractivity contribution in [1.82, 2.24) is 5.32 Å². The van der Waals surface area contributed by atoms with Gasteiger partial charge >= 0.3 is 0 Å².